The molecule has 3 aromatic rings. The number of aliphatic imine (C=N–C) groups is 1. The maximum Gasteiger partial charge on any atom is 0.574 e. The molecule has 162 valence electrons. The van der Waals surface area contributed by atoms with Gasteiger partial charge in [0.25, 0.3) is 0 Å². The number of hydrogen-bond donors (Lipinski definition) is 0. The van der Waals surface area contributed by atoms with Crippen LogP contribution in [0.25, 0.3) is 0 Å². The summed E-state index contributed by atoms with van der Waals surface area (Å²) in [6, 6.07) is 28.0. The van der Waals surface area contributed by atoms with Crippen molar-refractivity contribution in [2.24, 2.45) is 4.99 Å². The third-order valence-electron chi connectivity index (χ3n) is 3.57. The summed E-state index contributed by atoms with van der Waals surface area (Å²) in [6.45, 7) is 0. The Kier molecular flexibility index (Phi) is 9.57. The van der Waals surface area contributed by atoms with Crippen molar-refractivity contribution in [2.45, 2.75) is 27.2 Å². The second-order valence-corrected chi connectivity index (χ2v) is 11.3. The van der Waals surface area contributed by atoms with Gasteiger partial charge in [-0.05, 0) is 36.4 Å². The smallest absolute Gasteiger partial charge is 0.392 e. The SMILES string of the molecule is FC(F)(F)OC(CC(SSc1ccccc1)SSc1ccccc1)=Nc1ccccc1. The van der Waals surface area contributed by atoms with Crippen molar-refractivity contribution in [1.29, 1.82) is 0 Å². The second-order valence-electron chi connectivity index (χ2n) is 6.01. The molecule has 0 N–H and O–H groups in total. The minimum atomic E-state index is -4.80. The average Bonchev–Trinajstić information content (AvgIpc) is 2.76. The van der Waals surface area contributed by atoms with Gasteiger partial charge in [-0.25, -0.2) is 4.99 Å². The van der Waals surface area contributed by atoms with Crippen LogP contribution in [0.4, 0.5) is 18.9 Å². The van der Waals surface area contributed by atoms with Gasteiger partial charge in [-0.1, -0.05) is 97.8 Å². The van der Waals surface area contributed by atoms with Gasteiger partial charge in [0.15, 0.2) is 5.90 Å². The van der Waals surface area contributed by atoms with E-state index in [0.717, 1.165) is 9.79 Å². The second kappa shape index (κ2) is 12.4. The zero-order chi connectivity index (χ0) is 21.9. The Bertz CT molecular complexity index is 898. The minimum absolute atomic E-state index is 0.0173. The third kappa shape index (κ3) is 9.55. The van der Waals surface area contributed by atoms with Crippen LogP contribution in [0.1, 0.15) is 6.42 Å². The van der Waals surface area contributed by atoms with Crippen LogP contribution in [0, 0.1) is 0 Å². The monoisotopic (exact) mass is 497 g/mol. The van der Waals surface area contributed by atoms with Crippen molar-refractivity contribution in [3.8, 4) is 0 Å². The predicted molar refractivity (Wildman–Crippen MR) is 129 cm³/mol. The number of hydrogen-bond acceptors (Lipinski definition) is 6. The van der Waals surface area contributed by atoms with Crippen LogP contribution in [0.3, 0.4) is 0 Å². The van der Waals surface area contributed by atoms with E-state index in [0.29, 0.717) is 5.69 Å². The first-order valence-electron chi connectivity index (χ1n) is 9.13. The highest BCUT2D eigenvalue weighted by molar-refractivity contribution is 8.85. The van der Waals surface area contributed by atoms with Crippen molar-refractivity contribution < 1.29 is 17.9 Å². The molecule has 9 heteroatoms. The van der Waals surface area contributed by atoms with Crippen LogP contribution in [0.2, 0.25) is 0 Å². The van der Waals surface area contributed by atoms with Crippen molar-refractivity contribution in [3.63, 3.8) is 0 Å². The van der Waals surface area contributed by atoms with E-state index in [4.69, 9.17) is 0 Å². The lowest BCUT2D eigenvalue weighted by Gasteiger charge is -2.18. The molecule has 0 spiro atoms. The summed E-state index contributed by atoms with van der Waals surface area (Å²) in [5.74, 6) is -0.356. The maximum atomic E-state index is 13.0. The normalized spacial score (nSPS) is 12.2. The molecule has 0 aliphatic rings. The van der Waals surface area contributed by atoms with Crippen LogP contribution in [-0.4, -0.2) is 16.8 Å². The zero-order valence-corrected chi connectivity index (χ0v) is 19.3. The lowest BCUT2D eigenvalue weighted by atomic mass is 10.3. The molecule has 0 saturated heterocycles. The highest BCUT2D eigenvalue weighted by Gasteiger charge is 2.34. The first-order chi connectivity index (χ1) is 15.0. The Morgan fingerprint density at radius 1 is 0.742 bits per heavy atom. The van der Waals surface area contributed by atoms with E-state index in [9.17, 15) is 13.2 Å². The molecular weight excluding hydrogens is 480 g/mol. The summed E-state index contributed by atoms with van der Waals surface area (Å²) in [5, 5.41) is 0. The van der Waals surface area contributed by atoms with Gasteiger partial charge in [0.1, 0.15) is 0 Å². The highest BCUT2D eigenvalue weighted by atomic mass is 33.1. The number of alkyl halides is 3. The minimum Gasteiger partial charge on any atom is -0.392 e. The molecule has 0 saturated carbocycles. The fraction of sp³-hybridized carbons (Fsp3) is 0.136. The summed E-state index contributed by atoms with van der Waals surface area (Å²) in [6.07, 6.45) is -4.78. The molecule has 0 atom stereocenters. The van der Waals surface area contributed by atoms with E-state index in [1.54, 1.807) is 30.3 Å². The van der Waals surface area contributed by atoms with E-state index >= 15 is 0 Å². The number of para-hydroxylation sites is 1. The number of ether oxygens (including phenoxy) is 1. The van der Waals surface area contributed by atoms with E-state index in [1.165, 1.54) is 43.2 Å². The maximum absolute atomic E-state index is 13.0. The molecule has 31 heavy (non-hydrogen) atoms. The molecule has 2 nitrogen and oxygen atoms in total. The van der Waals surface area contributed by atoms with E-state index in [2.05, 4.69) is 9.73 Å². The summed E-state index contributed by atoms with van der Waals surface area (Å²) in [7, 11) is 6.02. The van der Waals surface area contributed by atoms with Crippen LogP contribution < -0.4 is 0 Å². The lowest BCUT2D eigenvalue weighted by Crippen LogP contribution is -2.21. The highest BCUT2D eigenvalue weighted by Crippen LogP contribution is 2.47. The number of benzene rings is 3. The first-order valence-corrected chi connectivity index (χ1v) is 13.6. The van der Waals surface area contributed by atoms with Crippen molar-refractivity contribution >= 4 is 54.8 Å². The van der Waals surface area contributed by atoms with Crippen LogP contribution >= 0.6 is 43.2 Å². The molecule has 0 heterocycles. The van der Waals surface area contributed by atoms with Gasteiger partial charge < -0.3 is 4.74 Å². The van der Waals surface area contributed by atoms with E-state index in [1.807, 2.05) is 60.7 Å². The van der Waals surface area contributed by atoms with E-state index in [-0.39, 0.29) is 16.9 Å². The van der Waals surface area contributed by atoms with Crippen LogP contribution in [0.5, 0.6) is 0 Å². The van der Waals surface area contributed by atoms with Gasteiger partial charge in [-0.3, -0.25) is 0 Å². The molecule has 0 bridgehead atoms. The predicted octanol–water partition coefficient (Wildman–Crippen LogP) is 8.85. The largest absolute Gasteiger partial charge is 0.574 e. The standard InChI is InChI=1S/C22H18F3NOS4/c23-22(24,25)27-20(26-17-10-4-1-5-11-17)16-21(30-28-18-12-6-2-7-13-18)31-29-19-14-8-3-9-15-19/h1-15,21H,16H2. The van der Waals surface area contributed by atoms with Crippen LogP contribution in [0.15, 0.2) is 106 Å². The van der Waals surface area contributed by atoms with Gasteiger partial charge in [0, 0.05) is 16.2 Å². The van der Waals surface area contributed by atoms with Crippen molar-refractivity contribution in [2.75, 3.05) is 0 Å². The summed E-state index contributed by atoms with van der Waals surface area (Å²) in [4.78, 5) is 6.18. The zero-order valence-electron chi connectivity index (χ0n) is 16.1. The summed E-state index contributed by atoms with van der Waals surface area (Å²) >= 11 is 0. The molecule has 0 amide bonds. The lowest BCUT2D eigenvalue weighted by molar-refractivity contribution is -0.284. The Morgan fingerprint density at radius 2 is 1.19 bits per heavy atom. The summed E-state index contributed by atoms with van der Waals surface area (Å²) < 4.78 is 43.1. The van der Waals surface area contributed by atoms with E-state index < -0.39 is 6.36 Å². The Balaban J connectivity index is 1.75. The van der Waals surface area contributed by atoms with Crippen molar-refractivity contribution in [1.82, 2.24) is 0 Å². The van der Waals surface area contributed by atoms with Gasteiger partial charge in [0.05, 0.1) is 10.3 Å². The first kappa shape index (κ1) is 24.0. The Morgan fingerprint density at radius 3 is 1.65 bits per heavy atom. The van der Waals surface area contributed by atoms with Gasteiger partial charge >= 0.3 is 6.36 Å². The van der Waals surface area contributed by atoms with Crippen molar-refractivity contribution in [3.05, 3.63) is 91.0 Å². The third-order valence-corrected chi connectivity index (χ3v) is 9.89. The fourth-order valence-electron chi connectivity index (χ4n) is 2.29. The van der Waals surface area contributed by atoms with Gasteiger partial charge in [0.2, 0.25) is 0 Å². The molecule has 0 aliphatic carbocycles. The molecular formula is C22H18F3NOS4. The molecule has 0 radical (unpaired) electrons. The number of nitrogens with zero attached hydrogens (tertiary/aromatic N) is 1. The Hall–Kier alpha value is -1.68. The fourth-order valence-corrected chi connectivity index (χ4v) is 8.06. The molecule has 0 aliphatic heterocycles. The molecule has 0 unspecified atom stereocenters. The quantitative estimate of drug-likeness (QED) is 0.127. The molecule has 3 aromatic carbocycles. The Labute approximate surface area is 195 Å². The summed E-state index contributed by atoms with van der Waals surface area (Å²) in [5.41, 5.74) is 0.418. The topological polar surface area (TPSA) is 21.6 Å². The van der Waals surface area contributed by atoms with Gasteiger partial charge in [-0.2, -0.15) is 0 Å². The number of halogens is 3. The van der Waals surface area contributed by atoms with Gasteiger partial charge in [-0.15, -0.1) is 13.2 Å². The molecule has 0 aromatic heterocycles. The van der Waals surface area contributed by atoms with Crippen LogP contribution in [-0.2, 0) is 4.74 Å². The molecule has 3 rings (SSSR count). The average molecular weight is 498 g/mol. The molecule has 0 fully saturated rings. The number of rotatable bonds is 9.